The lowest BCUT2D eigenvalue weighted by Crippen LogP contribution is -2.47. The van der Waals surface area contributed by atoms with Gasteiger partial charge in [0.2, 0.25) is 11.8 Å². The van der Waals surface area contributed by atoms with Crippen molar-refractivity contribution in [2.24, 2.45) is 0 Å². The van der Waals surface area contributed by atoms with E-state index in [9.17, 15) is 18.4 Å². The van der Waals surface area contributed by atoms with Gasteiger partial charge in [0, 0.05) is 11.4 Å². The third-order valence-electron chi connectivity index (χ3n) is 6.58. The second-order valence-corrected chi connectivity index (χ2v) is 9.89. The van der Waals surface area contributed by atoms with Crippen molar-refractivity contribution < 1.29 is 18.4 Å². The van der Waals surface area contributed by atoms with Crippen LogP contribution in [-0.4, -0.2) is 35.5 Å². The molecule has 0 unspecified atom stereocenters. The zero-order chi connectivity index (χ0) is 25.8. The van der Waals surface area contributed by atoms with Crippen LogP contribution in [0.15, 0.2) is 72.8 Å². The Morgan fingerprint density at radius 3 is 2.31 bits per heavy atom. The van der Waals surface area contributed by atoms with E-state index in [0.29, 0.717) is 11.5 Å². The predicted octanol–water partition coefficient (Wildman–Crippen LogP) is 5.99. The Labute approximate surface area is 215 Å². The lowest BCUT2D eigenvalue weighted by atomic mass is 9.95. The maximum atomic E-state index is 14.5. The summed E-state index contributed by atoms with van der Waals surface area (Å²) in [5.74, 6) is -1.05. The van der Waals surface area contributed by atoms with Crippen molar-refractivity contribution in [2.45, 2.75) is 50.9 Å². The molecule has 0 aromatic heterocycles. The molecule has 1 saturated heterocycles. The third kappa shape index (κ3) is 5.93. The fourth-order valence-corrected chi connectivity index (χ4v) is 4.75. The van der Waals surface area contributed by atoms with Crippen LogP contribution in [0.4, 0.5) is 8.78 Å². The van der Waals surface area contributed by atoms with Crippen molar-refractivity contribution >= 4 is 23.4 Å². The summed E-state index contributed by atoms with van der Waals surface area (Å²) in [6, 6.07) is 19.9. The smallest absolute Gasteiger partial charge is 0.243 e. The Kier molecular flexibility index (Phi) is 8.04. The number of hydrogen-bond donors (Lipinski definition) is 1. The van der Waals surface area contributed by atoms with Gasteiger partial charge in [0.15, 0.2) is 0 Å². The number of hydrogen-bond acceptors (Lipinski definition) is 2. The minimum atomic E-state index is -1.33. The molecule has 3 aromatic rings. The molecule has 3 aromatic carbocycles. The maximum absolute atomic E-state index is 14.5. The third-order valence-corrected chi connectivity index (χ3v) is 6.95. The first-order valence-electron chi connectivity index (χ1n) is 12.1. The molecule has 0 aliphatic carbocycles. The molecule has 7 heteroatoms. The number of carbonyl (C=O) groups excluding carboxylic acids is 2. The van der Waals surface area contributed by atoms with Crippen LogP contribution in [0, 0.1) is 5.82 Å². The first kappa shape index (κ1) is 25.8. The number of nitrogens with zero attached hydrogens (tertiary/aromatic N) is 1. The molecule has 188 valence electrons. The molecule has 0 bridgehead atoms. The predicted molar refractivity (Wildman–Crippen MR) is 137 cm³/mol. The minimum absolute atomic E-state index is 0.0950. The summed E-state index contributed by atoms with van der Waals surface area (Å²) in [6.07, 6.45) is -1.64. The van der Waals surface area contributed by atoms with Crippen molar-refractivity contribution in [2.75, 3.05) is 6.54 Å². The van der Waals surface area contributed by atoms with E-state index in [-0.39, 0.29) is 24.4 Å². The molecule has 1 heterocycles. The number of rotatable bonds is 7. The van der Waals surface area contributed by atoms with Crippen molar-refractivity contribution in [3.05, 3.63) is 106 Å². The van der Waals surface area contributed by atoms with Crippen LogP contribution in [0.3, 0.4) is 0 Å². The topological polar surface area (TPSA) is 49.4 Å². The Hall–Kier alpha value is -3.25. The first-order valence-corrected chi connectivity index (χ1v) is 12.4. The van der Waals surface area contributed by atoms with Crippen LogP contribution in [0.25, 0.3) is 0 Å². The summed E-state index contributed by atoms with van der Waals surface area (Å²) < 4.78 is 28.1. The minimum Gasteiger partial charge on any atom is -0.343 e. The standard InChI is InChI=1S/C29H29ClF2N2O2/c1-18(2)19-8-10-21(11-9-19)28(20-6-4-3-5-7-20)33-29(36)26-16-24(32)17-34(26)27(35)15-22-14-23(31)12-13-25(22)30/h3-14,18,24,26,28H,15-17H2,1-2H3,(H,33,36)/t24-,26+,28+/m1/s1. The Bertz CT molecular complexity index is 1220. The van der Waals surface area contributed by atoms with Crippen LogP contribution in [-0.2, 0) is 16.0 Å². The number of benzene rings is 3. The summed E-state index contributed by atoms with van der Waals surface area (Å²) in [7, 11) is 0. The monoisotopic (exact) mass is 510 g/mol. The van der Waals surface area contributed by atoms with Gasteiger partial charge in [-0.1, -0.05) is 80.0 Å². The second kappa shape index (κ2) is 11.2. The Balaban J connectivity index is 1.56. The second-order valence-electron chi connectivity index (χ2n) is 9.48. The van der Waals surface area contributed by atoms with Crippen LogP contribution in [0.2, 0.25) is 5.02 Å². The van der Waals surface area contributed by atoms with Gasteiger partial charge in [0.25, 0.3) is 0 Å². The number of amides is 2. The molecular weight excluding hydrogens is 482 g/mol. The van der Waals surface area contributed by atoms with Crippen LogP contribution in [0.5, 0.6) is 0 Å². The maximum Gasteiger partial charge on any atom is 0.243 e. The highest BCUT2D eigenvalue weighted by Crippen LogP contribution is 2.28. The Morgan fingerprint density at radius 1 is 1.00 bits per heavy atom. The molecule has 0 radical (unpaired) electrons. The number of likely N-dealkylation sites (tertiary alicyclic amines) is 1. The van der Waals surface area contributed by atoms with Gasteiger partial charge < -0.3 is 10.2 Å². The summed E-state index contributed by atoms with van der Waals surface area (Å²) in [5.41, 5.74) is 3.25. The molecule has 1 N–H and O–H groups in total. The van der Waals surface area contributed by atoms with E-state index in [1.54, 1.807) is 0 Å². The van der Waals surface area contributed by atoms with Crippen LogP contribution >= 0.6 is 11.6 Å². The zero-order valence-electron chi connectivity index (χ0n) is 20.3. The molecule has 0 spiro atoms. The van der Waals surface area contributed by atoms with Gasteiger partial charge in [0.05, 0.1) is 19.0 Å². The summed E-state index contributed by atoms with van der Waals surface area (Å²) in [6.45, 7) is 4.03. The van der Waals surface area contributed by atoms with E-state index in [0.717, 1.165) is 11.1 Å². The highest BCUT2D eigenvalue weighted by molar-refractivity contribution is 6.31. The average molecular weight is 511 g/mol. The lowest BCUT2D eigenvalue weighted by Gasteiger charge is -2.27. The van der Waals surface area contributed by atoms with Crippen LogP contribution in [0.1, 0.15) is 54.5 Å². The van der Waals surface area contributed by atoms with Gasteiger partial charge in [-0.25, -0.2) is 8.78 Å². The van der Waals surface area contributed by atoms with Crippen molar-refractivity contribution in [3.8, 4) is 0 Å². The molecule has 1 aliphatic rings. The molecule has 1 fully saturated rings. The number of halogens is 3. The van der Waals surface area contributed by atoms with E-state index < -0.39 is 35.9 Å². The lowest BCUT2D eigenvalue weighted by molar-refractivity contribution is -0.138. The molecule has 3 atom stereocenters. The average Bonchev–Trinajstić information content (AvgIpc) is 3.27. The Morgan fingerprint density at radius 2 is 1.64 bits per heavy atom. The molecule has 4 nitrogen and oxygen atoms in total. The van der Waals surface area contributed by atoms with Gasteiger partial charge in [-0.3, -0.25) is 9.59 Å². The highest BCUT2D eigenvalue weighted by Gasteiger charge is 2.40. The molecule has 0 saturated carbocycles. The van der Waals surface area contributed by atoms with E-state index in [4.69, 9.17) is 11.6 Å². The van der Waals surface area contributed by atoms with Crippen molar-refractivity contribution in [1.29, 1.82) is 0 Å². The van der Waals surface area contributed by atoms with E-state index in [2.05, 4.69) is 19.2 Å². The van der Waals surface area contributed by atoms with Crippen LogP contribution < -0.4 is 5.32 Å². The number of nitrogens with one attached hydrogen (secondary N) is 1. The SMILES string of the molecule is CC(C)c1ccc([C@@H](NC(=O)[C@@H]2C[C@@H](F)CN2C(=O)Cc2cc(F)ccc2Cl)c2ccccc2)cc1. The van der Waals surface area contributed by atoms with E-state index >= 15 is 0 Å². The number of alkyl halides is 1. The molecule has 4 rings (SSSR count). The zero-order valence-corrected chi connectivity index (χ0v) is 21.0. The molecule has 2 amide bonds. The largest absolute Gasteiger partial charge is 0.343 e. The van der Waals surface area contributed by atoms with Gasteiger partial charge in [-0.05, 0) is 46.4 Å². The van der Waals surface area contributed by atoms with E-state index in [1.165, 1.54) is 28.7 Å². The van der Waals surface area contributed by atoms with Gasteiger partial charge >= 0.3 is 0 Å². The van der Waals surface area contributed by atoms with Crippen molar-refractivity contribution in [3.63, 3.8) is 0 Å². The fourth-order valence-electron chi connectivity index (χ4n) is 4.57. The highest BCUT2D eigenvalue weighted by atomic mass is 35.5. The normalized spacial score (nSPS) is 18.3. The molecule has 1 aliphatic heterocycles. The summed E-state index contributed by atoms with van der Waals surface area (Å²) in [5, 5.41) is 3.29. The number of carbonyl (C=O) groups is 2. The quantitative estimate of drug-likeness (QED) is 0.424. The fraction of sp³-hybridized carbons (Fsp3) is 0.310. The summed E-state index contributed by atoms with van der Waals surface area (Å²) >= 11 is 6.12. The van der Waals surface area contributed by atoms with E-state index in [1.807, 2.05) is 54.6 Å². The summed E-state index contributed by atoms with van der Waals surface area (Å²) in [4.78, 5) is 27.8. The first-order chi connectivity index (χ1) is 17.2. The van der Waals surface area contributed by atoms with Gasteiger partial charge in [0.1, 0.15) is 18.0 Å². The molecule has 36 heavy (non-hydrogen) atoms. The molecular formula is C29H29ClF2N2O2. The van der Waals surface area contributed by atoms with Crippen molar-refractivity contribution in [1.82, 2.24) is 10.2 Å². The van der Waals surface area contributed by atoms with Gasteiger partial charge in [-0.15, -0.1) is 0 Å². The van der Waals surface area contributed by atoms with Gasteiger partial charge in [-0.2, -0.15) is 0 Å².